The summed E-state index contributed by atoms with van der Waals surface area (Å²) < 4.78 is 15.9. The number of ether oxygens (including phenoxy) is 2. The Morgan fingerprint density at radius 3 is 2.66 bits per heavy atom. The molecular weight excluding hydrogens is 384 g/mol. The van der Waals surface area contributed by atoms with E-state index in [2.05, 4.69) is 26.1 Å². The average Bonchev–Trinajstić information content (AvgIpc) is 3.27. The SMILES string of the molecule is O=C(NNc1ncnc(Nc2ccc3c(c2)OCCO3)c1[N+](=O)[O-])c1ccco1. The Balaban J connectivity index is 1.56. The van der Waals surface area contributed by atoms with Crippen molar-refractivity contribution in [1.29, 1.82) is 0 Å². The van der Waals surface area contributed by atoms with Crippen molar-refractivity contribution in [2.75, 3.05) is 24.0 Å². The van der Waals surface area contributed by atoms with Gasteiger partial charge in [-0.15, -0.1) is 0 Å². The molecule has 0 spiro atoms. The predicted octanol–water partition coefficient (Wildman–Crippen LogP) is 2.25. The molecule has 0 saturated carbocycles. The fourth-order valence-corrected chi connectivity index (χ4v) is 2.58. The number of anilines is 3. The van der Waals surface area contributed by atoms with Gasteiger partial charge in [-0.05, 0) is 24.3 Å². The van der Waals surface area contributed by atoms with E-state index in [9.17, 15) is 14.9 Å². The molecule has 29 heavy (non-hydrogen) atoms. The van der Waals surface area contributed by atoms with E-state index in [1.54, 1.807) is 18.2 Å². The number of nitrogens with zero attached hydrogens (tertiary/aromatic N) is 3. The van der Waals surface area contributed by atoms with E-state index in [0.29, 0.717) is 30.4 Å². The van der Waals surface area contributed by atoms with Crippen LogP contribution < -0.4 is 25.6 Å². The lowest BCUT2D eigenvalue weighted by molar-refractivity contribution is -0.383. The van der Waals surface area contributed by atoms with Crippen LogP contribution in [0.5, 0.6) is 11.5 Å². The van der Waals surface area contributed by atoms with Gasteiger partial charge in [0.1, 0.15) is 19.5 Å². The monoisotopic (exact) mass is 398 g/mol. The van der Waals surface area contributed by atoms with E-state index in [0.717, 1.165) is 6.33 Å². The van der Waals surface area contributed by atoms with Crippen LogP contribution in [-0.2, 0) is 0 Å². The van der Waals surface area contributed by atoms with Crippen molar-refractivity contribution < 1.29 is 23.6 Å². The number of nitrogens with one attached hydrogen (secondary N) is 3. The summed E-state index contributed by atoms with van der Waals surface area (Å²) in [6, 6.07) is 7.99. The first-order valence-electron chi connectivity index (χ1n) is 8.38. The molecule has 3 N–H and O–H groups in total. The van der Waals surface area contributed by atoms with Crippen molar-refractivity contribution in [3.63, 3.8) is 0 Å². The zero-order valence-electron chi connectivity index (χ0n) is 14.7. The van der Waals surface area contributed by atoms with Gasteiger partial charge in [-0.25, -0.2) is 9.97 Å². The summed E-state index contributed by atoms with van der Waals surface area (Å²) in [6.07, 6.45) is 2.45. The zero-order valence-corrected chi connectivity index (χ0v) is 14.7. The largest absolute Gasteiger partial charge is 0.486 e. The predicted molar refractivity (Wildman–Crippen MR) is 99.2 cm³/mol. The Hall–Kier alpha value is -4.35. The Kier molecular flexibility index (Phi) is 4.80. The molecule has 0 aliphatic carbocycles. The summed E-state index contributed by atoms with van der Waals surface area (Å²) in [5.74, 6) is 0.235. The van der Waals surface area contributed by atoms with Gasteiger partial charge in [-0.3, -0.25) is 25.8 Å². The maximum atomic E-state index is 12.0. The molecule has 12 heteroatoms. The highest BCUT2D eigenvalue weighted by atomic mass is 16.6. The van der Waals surface area contributed by atoms with Crippen molar-refractivity contribution in [3.05, 3.63) is 58.8 Å². The summed E-state index contributed by atoms with van der Waals surface area (Å²) in [5.41, 5.74) is 4.75. The number of aromatic nitrogens is 2. The molecule has 0 bridgehead atoms. The lowest BCUT2D eigenvalue weighted by Gasteiger charge is -2.19. The summed E-state index contributed by atoms with van der Waals surface area (Å²) in [6.45, 7) is 0.865. The first-order chi connectivity index (χ1) is 14.1. The number of benzene rings is 1. The van der Waals surface area contributed by atoms with Gasteiger partial charge in [0.2, 0.25) is 11.6 Å². The number of hydrazine groups is 1. The molecule has 0 atom stereocenters. The van der Waals surface area contributed by atoms with E-state index < -0.39 is 16.5 Å². The normalized spacial score (nSPS) is 12.1. The summed E-state index contributed by atoms with van der Waals surface area (Å²) in [4.78, 5) is 30.7. The van der Waals surface area contributed by atoms with Crippen molar-refractivity contribution in [3.8, 4) is 11.5 Å². The quantitative estimate of drug-likeness (QED) is 0.416. The number of carbonyl (C=O) groups is 1. The molecular formula is C17H14N6O6. The number of rotatable bonds is 6. The standard InChI is InChI=1S/C17H14N6O6/c24-17(12-2-1-5-27-12)22-21-16-14(23(25)26)15(18-9-19-16)20-10-3-4-11-13(8-10)29-7-6-28-11/h1-5,8-9H,6-7H2,(H,22,24)(H2,18,19,20,21). The molecule has 2 aromatic heterocycles. The van der Waals surface area contributed by atoms with E-state index in [1.807, 2.05) is 0 Å². The van der Waals surface area contributed by atoms with E-state index in [1.165, 1.54) is 18.4 Å². The Labute approximate surface area is 163 Å². The molecule has 1 amide bonds. The number of furan rings is 1. The first-order valence-corrected chi connectivity index (χ1v) is 8.38. The molecule has 3 heterocycles. The van der Waals surface area contributed by atoms with E-state index in [4.69, 9.17) is 13.9 Å². The van der Waals surface area contributed by atoms with Gasteiger partial charge in [0.15, 0.2) is 17.3 Å². The molecule has 0 fully saturated rings. The lowest BCUT2D eigenvalue weighted by Crippen LogP contribution is -2.30. The highest BCUT2D eigenvalue weighted by Crippen LogP contribution is 2.36. The van der Waals surface area contributed by atoms with Gasteiger partial charge in [0.05, 0.1) is 11.2 Å². The molecule has 0 radical (unpaired) electrons. The van der Waals surface area contributed by atoms with Crippen molar-refractivity contribution in [2.24, 2.45) is 0 Å². The van der Waals surface area contributed by atoms with Crippen LogP contribution in [0.2, 0.25) is 0 Å². The number of hydrogen-bond donors (Lipinski definition) is 3. The summed E-state index contributed by atoms with van der Waals surface area (Å²) in [5, 5.41) is 14.5. The van der Waals surface area contributed by atoms with Gasteiger partial charge in [-0.2, -0.15) is 0 Å². The van der Waals surface area contributed by atoms with Crippen LogP contribution in [0.3, 0.4) is 0 Å². The fraction of sp³-hybridized carbons (Fsp3) is 0.118. The smallest absolute Gasteiger partial charge is 0.355 e. The van der Waals surface area contributed by atoms with Crippen molar-refractivity contribution in [2.45, 2.75) is 0 Å². The third kappa shape index (κ3) is 3.85. The van der Waals surface area contributed by atoms with E-state index >= 15 is 0 Å². The fourth-order valence-electron chi connectivity index (χ4n) is 2.58. The molecule has 0 saturated heterocycles. The minimum absolute atomic E-state index is 0.0313. The van der Waals surface area contributed by atoms with Crippen LogP contribution in [0, 0.1) is 10.1 Å². The molecule has 12 nitrogen and oxygen atoms in total. The minimum Gasteiger partial charge on any atom is -0.486 e. The van der Waals surface area contributed by atoms with Crippen LogP contribution in [0.1, 0.15) is 10.6 Å². The zero-order chi connectivity index (χ0) is 20.2. The molecule has 0 unspecified atom stereocenters. The topological polar surface area (TPSA) is 154 Å². The van der Waals surface area contributed by atoms with E-state index in [-0.39, 0.29) is 17.4 Å². The van der Waals surface area contributed by atoms with Crippen molar-refractivity contribution >= 4 is 28.9 Å². The maximum absolute atomic E-state index is 12.0. The second kappa shape index (κ2) is 7.72. The lowest BCUT2D eigenvalue weighted by atomic mass is 10.2. The van der Waals surface area contributed by atoms with Crippen molar-refractivity contribution in [1.82, 2.24) is 15.4 Å². The number of amides is 1. The van der Waals surface area contributed by atoms with Gasteiger partial charge in [0.25, 0.3) is 0 Å². The highest BCUT2D eigenvalue weighted by Gasteiger charge is 2.24. The maximum Gasteiger partial charge on any atom is 0.355 e. The number of fused-ring (bicyclic) bond motifs is 1. The summed E-state index contributed by atoms with van der Waals surface area (Å²) in [7, 11) is 0. The van der Waals surface area contributed by atoms with Gasteiger partial charge in [0, 0.05) is 11.8 Å². The first kappa shape index (κ1) is 18.0. The minimum atomic E-state index is -0.665. The molecule has 1 aliphatic heterocycles. The Bertz CT molecular complexity index is 1050. The highest BCUT2D eigenvalue weighted by molar-refractivity contribution is 5.92. The number of hydrogen-bond acceptors (Lipinski definition) is 10. The molecule has 148 valence electrons. The van der Waals surface area contributed by atoms with Gasteiger partial charge < -0.3 is 19.2 Å². The number of carbonyl (C=O) groups excluding carboxylic acids is 1. The molecule has 1 aliphatic rings. The summed E-state index contributed by atoms with van der Waals surface area (Å²) >= 11 is 0. The molecule has 4 rings (SSSR count). The van der Waals surface area contributed by atoms with Crippen LogP contribution in [0.15, 0.2) is 47.3 Å². The van der Waals surface area contributed by atoms with Crippen LogP contribution in [0.4, 0.5) is 23.0 Å². The third-order valence-electron chi connectivity index (χ3n) is 3.85. The van der Waals surface area contributed by atoms with Crippen LogP contribution >= 0.6 is 0 Å². The second-order valence-electron chi connectivity index (χ2n) is 5.72. The number of nitro groups is 1. The Morgan fingerprint density at radius 1 is 1.10 bits per heavy atom. The molecule has 1 aromatic carbocycles. The van der Waals surface area contributed by atoms with Crippen LogP contribution in [0.25, 0.3) is 0 Å². The van der Waals surface area contributed by atoms with Gasteiger partial charge >= 0.3 is 11.6 Å². The van der Waals surface area contributed by atoms with Gasteiger partial charge in [-0.1, -0.05) is 0 Å². The average molecular weight is 398 g/mol. The van der Waals surface area contributed by atoms with Crippen LogP contribution in [-0.4, -0.2) is 34.0 Å². The molecule has 3 aromatic rings. The Morgan fingerprint density at radius 2 is 1.90 bits per heavy atom. The third-order valence-corrected chi connectivity index (χ3v) is 3.85. The second-order valence-corrected chi connectivity index (χ2v) is 5.72.